The summed E-state index contributed by atoms with van der Waals surface area (Å²) in [6, 6.07) is 0. The molecule has 0 N–H and O–H groups in total. The molecule has 0 aromatic heterocycles. The van der Waals surface area contributed by atoms with Crippen molar-refractivity contribution in [2.75, 3.05) is 0 Å². The van der Waals surface area contributed by atoms with Crippen molar-refractivity contribution < 1.29 is 4.21 Å². The van der Waals surface area contributed by atoms with Gasteiger partial charge in [-0.25, -0.2) is 4.21 Å². The van der Waals surface area contributed by atoms with E-state index in [1.165, 1.54) is 5.55 Å². The third-order valence-electron chi connectivity index (χ3n) is 0.730. The maximum absolute atomic E-state index is 10.5. The molecule has 0 aliphatic carbocycles. The number of allylic oxidation sites excluding steroid dienone is 1. The van der Waals surface area contributed by atoms with E-state index in [1.807, 2.05) is 0 Å². The lowest BCUT2D eigenvalue weighted by Crippen LogP contribution is -1.83. The molecule has 0 radical (unpaired) electrons. The molecule has 0 fully saturated rings. The first-order valence-electron chi connectivity index (χ1n) is 1.91. The molecule has 0 aromatic carbocycles. The maximum Gasteiger partial charge on any atom is 0.0955 e. The van der Waals surface area contributed by atoms with Crippen LogP contribution in [0, 0.1) is 0 Å². The summed E-state index contributed by atoms with van der Waals surface area (Å²) in [6.07, 6.45) is 1.61. The van der Waals surface area contributed by atoms with Gasteiger partial charge >= 0.3 is 0 Å². The first kappa shape index (κ1) is 4.71. The van der Waals surface area contributed by atoms with Crippen LogP contribution in [0.5, 0.6) is 0 Å². The molecule has 7 heavy (non-hydrogen) atoms. The number of rotatable bonds is 0. The molecule has 1 aliphatic heterocycles. The zero-order valence-corrected chi connectivity index (χ0v) is 4.73. The van der Waals surface area contributed by atoms with Crippen LogP contribution in [0.4, 0.5) is 0 Å². The van der Waals surface area contributed by atoms with Crippen LogP contribution < -0.4 is 0 Å². The van der Waals surface area contributed by atoms with E-state index in [4.69, 9.17) is 0 Å². The van der Waals surface area contributed by atoms with Crippen molar-refractivity contribution in [2.45, 2.75) is 6.92 Å². The Morgan fingerprint density at radius 3 is 2.71 bits per heavy atom. The minimum Gasteiger partial charge on any atom is -0.254 e. The van der Waals surface area contributed by atoms with Gasteiger partial charge in [0.1, 0.15) is 0 Å². The van der Waals surface area contributed by atoms with E-state index in [0.29, 0.717) is 0 Å². The van der Waals surface area contributed by atoms with Crippen molar-refractivity contribution in [1.82, 2.24) is 0 Å². The standard InChI is InChI=1S/C4H5NOS/c1-4-2-5-3-7(4)6/h2-3H,1H3. The summed E-state index contributed by atoms with van der Waals surface area (Å²) in [5.74, 6) is 0. The summed E-state index contributed by atoms with van der Waals surface area (Å²) < 4.78 is 10.5. The van der Waals surface area contributed by atoms with Crippen LogP contribution in [0.3, 0.4) is 0 Å². The summed E-state index contributed by atoms with van der Waals surface area (Å²) in [4.78, 5) is 4.49. The second-order valence-electron chi connectivity index (χ2n) is 1.29. The van der Waals surface area contributed by atoms with Gasteiger partial charge in [0.05, 0.1) is 16.3 Å². The summed E-state index contributed by atoms with van der Waals surface area (Å²) >= 11 is 0. The third-order valence-corrected chi connectivity index (χ3v) is 1.78. The van der Waals surface area contributed by atoms with E-state index in [9.17, 15) is 4.21 Å². The van der Waals surface area contributed by atoms with Gasteiger partial charge in [0.15, 0.2) is 0 Å². The molecule has 1 heterocycles. The van der Waals surface area contributed by atoms with Gasteiger partial charge in [-0.1, -0.05) is 0 Å². The van der Waals surface area contributed by atoms with Crippen molar-refractivity contribution >= 4 is 16.3 Å². The molecular formula is C4H5NOS. The molecule has 0 bridgehead atoms. The predicted molar refractivity (Wildman–Crippen MR) is 30.4 cm³/mol. The lowest BCUT2D eigenvalue weighted by Gasteiger charge is -1.78. The molecule has 2 nitrogen and oxygen atoms in total. The fourth-order valence-corrected chi connectivity index (χ4v) is 0.828. The first-order chi connectivity index (χ1) is 3.30. The lowest BCUT2D eigenvalue weighted by atomic mass is 10.7. The Labute approximate surface area is 44.4 Å². The van der Waals surface area contributed by atoms with Gasteiger partial charge in [0, 0.05) is 11.1 Å². The van der Waals surface area contributed by atoms with E-state index >= 15 is 0 Å². The molecule has 1 atom stereocenters. The molecule has 0 saturated carbocycles. The van der Waals surface area contributed by atoms with Gasteiger partial charge in [-0.15, -0.1) is 0 Å². The number of hydrogen-bond acceptors (Lipinski definition) is 2. The van der Waals surface area contributed by atoms with Crippen LogP contribution in [0.2, 0.25) is 0 Å². The fraction of sp³-hybridized carbons (Fsp3) is 0.250. The molecule has 0 aromatic rings. The highest BCUT2D eigenvalue weighted by atomic mass is 32.2. The molecular weight excluding hydrogens is 110 g/mol. The van der Waals surface area contributed by atoms with Crippen molar-refractivity contribution in [1.29, 1.82) is 0 Å². The van der Waals surface area contributed by atoms with Gasteiger partial charge in [0.25, 0.3) is 0 Å². The molecule has 0 spiro atoms. The second kappa shape index (κ2) is 1.58. The Morgan fingerprint density at radius 2 is 2.57 bits per heavy atom. The summed E-state index contributed by atoms with van der Waals surface area (Å²) in [5.41, 5.74) is 1.43. The SMILES string of the molecule is CC1=CN=CS1=O. The average Bonchev–Trinajstić information content (AvgIpc) is 1.91. The van der Waals surface area contributed by atoms with Gasteiger partial charge in [0.2, 0.25) is 0 Å². The fourth-order valence-electron chi connectivity index (χ4n) is 0.326. The summed E-state index contributed by atoms with van der Waals surface area (Å²) in [5, 5.41) is 0. The van der Waals surface area contributed by atoms with Crippen LogP contribution in [0.25, 0.3) is 0 Å². The first-order valence-corrected chi connectivity index (χ1v) is 3.12. The van der Waals surface area contributed by atoms with Crippen LogP contribution >= 0.6 is 0 Å². The minimum atomic E-state index is -0.898. The molecule has 0 amide bonds. The van der Waals surface area contributed by atoms with E-state index in [2.05, 4.69) is 4.99 Å². The highest BCUT2D eigenvalue weighted by Gasteiger charge is 2.00. The Bertz CT molecular complexity index is 159. The Hall–Kier alpha value is -0.440. The topological polar surface area (TPSA) is 29.4 Å². The van der Waals surface area contributed by atoms with Crippen LogP contribution in [-0.2, 0) is 10.8 Å². The van der Waals surface area contributed by atoms with Crippen molar-refractivity contribution in [3.05, 3.63) is 11.1 Å². The molecule has 1 aliphatic rings. The normalized spacial score (nSPS) is 28.1. The smallest absolute Gasteiger partial charge is 0.0955 e. The molecule has 1 rings (SSSR count). The zero-order valence-electron chi connectivity index (χ0n) is 3.92. The van der Waals surface area contributed by atoms with E-state index in [-0.39, 0.29) is 0 Å². The van der Waals surface area contributed by atoms with Gasteiger partial charge < -0.3 is 0 Å². The molecule has 3 heteroatoms. The second-order valence-corrected chi connectivity index (χ2v) is 2.74. The predicted octanol–water partition coefficient (Wildman–Crippen LogP) is 0.638. The third kappa shape index (κ3) is 0.771. The van der Waals surface area contributed by atoms with Gasteiger partial charge in [-0.3, -0.25) is 4.99 Å². The van der Waals surface area contributed by atoms with Crippen LogP contribution in [0.1, 0.15) is 6.92 Å². The number of nitrogens with zero attached hydrogens (tertiary/aromatic N) is 1. The van der Waals surface area contributed by atoms with E-state index in [0.717, 1.165) is 4.91 Å². The molecule has 1 unspecified atom stereocenters. The van der Waals surface area contributed by atoms with Crippen LogP contribution in [0.15, 0.2) is 16.1 Å². The maximum atomic E-state index is 10.5. The van der Waals surface area contributed by atoms with E-state index < -0.39 is 10.8 Å². The highest BCUT2D eigenvalue weighted by Crippen LogP contribution is 2.03. The lowest BCUT2D eigenvalue weighted by molar-refractivity contribution is 0.694. The van der Waals surface area contributed by atoms with Crippen molar-refractivity contribution in [3.8, 4) is 0 Å². The quantitative estimate of drug-likeness (QED) is 0.455. The summed E-state index contributed by atoms with van der Waals surface area (Å²) in [7, 11) is -0.898. The number of hydrogen-bond donors (Lipinski definition) is 0. The van der Waals surface area contributed by atoms with Gasteiger partial charge in [-0.05, 0) is 6.92 Å². The highest BCUT2D eigenvalue weighted by molar-refractivity contribution is 8.02. The molecule has 38 valence electrons. The van der Waals surface area contributed by atoms with Crippen molar-refractivity contribution in [3.63, 3.8) is 0 Å². The zero-order chi connectivity index (χ0) is 5.28. The summed E-state index contributed by atoms with van der Waals surface area (Å²) in [6.45, 7) is 1.79. The van der Waals surface area contributed by atoms with Crippen molar-refractivity contribution in [2.24, 2.45) is 4.99 Å². The Kier molecular flexibility index (Phi) is 1.06. The number of aliphatic imine (C=N–C) groups is 1. The average molecular weight is 115 g/mol. The Morgan fingerprint density at radius 1 is 1.86 bits per heavy atom. The minimum absolute atomic E-state index is 0.833. The van der Waals surface area contributed by atoms with Gasteiger partial charge in [-0.2, -0.15) is 0 Å². The monoisotopic (exact) mass is 115 g/mol. The molecule has 0 saturated heterocycles. The Balaban J connectivity index is 2.89. The van der Waals surface area contributed by atoms with Crippen LogP contribution in [-0.4, -0.2) is 9.76 Å². The van der Waals surface area contributed by atoms with E-state index in [1.54, 1.807) is 13.1 Å². The largest absolute Gasteiger partial charge is 0.254 e.